The van der Waals surface area contributed by atoms with E-state index in [-0.39, 0.29) is 12.8 Å². The zero-order valence-corrected chi connectivity index (χ0v) is 10.1. The molecule has 0 fully saturated rings. The SMILES string of the molecule is COCOC(=O)c1cccc(CCBr)c1. The summed E-state index contributed by atoms with van der Waals surface area (Å²) in [6, 6.07) is 7.39. The van der Waals surface area contributed by atoms with Crippen LogP contribution in [0.4, 0.5) is 0 Å². The minimum absolute atomic E-state index is 0.0124. The van der Waals surface area contributed by atoms with E-state index in [0.29, 0.717) is 5.56 Å². The van der Waals surface area contributed by atoms with E-state index in [9.17, 15) is 4.79 Å². The Labute approximate surface area is 97.5 Å². The molecule has 3 nitrogen and oxygen atoms in total. The average Bonchev–Trinajstić information content (AvgIpc) is 2.27. The molecule has 0 unspecified atom stereocenters. The van der Waals surface area contributed by atoms with Crippen LogP contribution in [0.3, 0.4) is 0 Å². The summed E-state index contributed by atoms with van der Waals surface area (Å²) in [5.41, 5.74) is 1.67. The molecular formula is C11H13BrO3. The molecule has 1 aromatic carbocycles. The van der Waals surface area contributed by atoms with Crippen LogP contribution in [0, 0.1) is 0 Å². The molecule has 0 spiro atoms. The maximum absolute atomic E-state index is 11.4. The molecule has 0 amide bonds. The van der Waals surface area contributed by atoms with Crippen LogP contribution in [0.1, 0.15) is 15.9 Å². The maximum Gasteiger partial charge on any atom is 0.340 e. The summed E-state index contributed by atoms with van der Waals surface area (Å²) in [6.45, 7) is -0.0124. The Morgan fingerprint density at radius 3 is 2.93 bits per heavy atom. The molecule has 0 bridgehead atoms. The van der Waals surface area contributed by atoms with Crippen LogP contribution in [-0.2, 0) is 15.9 Å². The van der Waals surface area contributed by atoms with Gasteiger partial charge in [0.1, 0.15) is 0 Å². The number of methoxy groups -OCH3 is 1. The van der Waals surface area contributed by atoms with Gasteiger partial charge in [-0.25, -0.2) is 4.79 Å². The van der Waals surface area contributed by atoms with Crippen LogP contribution < -0.4 is 0 Å². The van der Waals surface area contributed by atoms with Crippen molar-refractivity contribution in [2.75, 3.05) is 19.2 Å². The molecule has 0 aromatic heterocycles. The summed E-state index contributed by atoms with van der Waals surface area (Å²) in [5, 5.41) is 0.879. The van der Waals surface area contributed by atoms with E-state index in [1.165, 1.54) is 7.11 Å². The molecule has 0 saturated heterocycles. The lowest BCUT2D eigenvalue weighted by Gasteiger charge is -2.04. The van der Waals surface area contributed by atoms with Crippen LogP contribution in [0.2, 0.25) is 0 Å². The van der Waals surface area contributed by atoms with Crippen molar-refractivity contribution in [1.82, 2.24) is 0 Å². The fraction of sp³-hybridized carbons (Fsp3) is 0.364. The molecule has 0 heterocycles. The predicted octanol–water partition coefficient (Wildman–Crippen LogP) is 2.38. The van der Waals surface area contributed by atoms with Gasteiger partial charge in [-0.05, 0) is 24.1 Å². The molecular weight excluding hydrogens is 260 g/mol. The van der Waals surface area contributed by atoms with Crippen LogP contribution in [0.15, 0.2) is 24.3 Å². The summed E-state index contributed by atoms with van der Waals surface area (Å²) in [4.78, 5) is 11.4. The van der Waals surface area contributed by atoms with Gasteiger partial charge in [0.25, 0.3) is 0 Å². The number of alkyl halides is 1. The number of carbonyl (C=O) groups is 1. The summed E-state index contributed by atoms with van der Waals surface area (Å²) in [5.74, 6) is -0.353. The van der Waals surface area contributed by atoms with E-state index in [0.717, 1.165) is 17.3 Å². The van der Waals surface area contributed by atoms with E-state index >= 15 is 0 Å². The maximum atomic E-state index is 11.4. The average molecular weight is 273 g/mol. The molecule has 0 saturated carbocycles. The molecule has 0 N–H and O–H groups in total. The Hall–Kier alpha value is -0.870. The van der Waals surface area contributed by atoms with E-state index in [4.69, 9.17) is 4.74 Å². The van der Waals surface area contributed by atoms with Gasteiger partial charge in [0.05, 0.1) is 5.56 Å². The van der Waals surface area contributed by atoms with Crippen molar-refractivity contribution in [3.05, 3.63) is 35.4 Å². The molecule has 4 heteroatoms. The van der Waals surface area contributed by atoms with Crippen molar-refractivity contribution in [2.45, 2.75) is 6.42 Å². The fourth-order valence-corrected chi connectivity index (χ4v) is 1.62. The highest BCUT2D eigenvalue weighted by molar-refractivity contribution is 9.09. The van der Waals surface area contributed by atoms with Gasteiger partial charge in [-0.2, -0.15) is 0 Å². The molecule has 1 rings (SSSR count). The van der Waals surface area contributed by atoms with Gasteiger partial charge in [-0.3, -0.25) is 0 Å². The van der Waals surface area contributed by atoms with Crippen molar-refractivity contribution in [2.24, 2.45) is 0 Å². The van der Waals surface area contributed by atoms with Crippen molar-refractivity contribution >= 4 is 21.9 Å². The second kappa shape index (κ2) is 6.58. The van der Waals surface area contributed by atoms with Crippen LogP contribution in [0.25, 0.3) is 0 Å². The summed E-state index contributed by atoms with van der Waals surface area (Å²) >= 11 is 3.35. The largest absolute Gasteiger partial charge is 0.435 e. The second-order valence-corrected chi connectivity index (χ2v) is 3.77. The number of rotatable bonds is 5. The first-order valence-electron chi connectivity index (χ1n) is 4.59. The highest BCUT2D eigenvalue weighted by Gasteiger charge is 2.06. The summed E-state index contributed by atoms with van der Waals surface area (Å²) in [6.07, 6.45) is 0.894. The first-order chi connectivity index (χ1) is 7.27. The summed E-state index contributed by atoms with van der Waals surface area (Å²) < 4.78 is 9.50. The van der Waals surface area contributed by atoms with E-state index in [1.54, 1.807) is 6.07 Å². The Balaban J connectivity index is 2.67. The number of aryl methyl sites for hydroxylation is 1. The molecule has 82 valence electrons. The van der Waals surface area contributed by atoms with Crippen molar-refractivity contribution in [1.29, 1.82) is 0 Å². The zero-order chi connectivity index (χ0) is 11.1. The molecule has 0 aliphatic rings. The van der Waals surface area contributed by atoms with Crippen LogP contribution >= 0.6 is 15.9 Å². The lowest BCUT2D eigenvalue weighted by atomic mass is 10.1. The highest BCUT2D eigenvalue weighted by atomic mass is 79.9. The van der Waals surface area contributed by atoms with Gasteiger partial charge >= 0.3 is 5.97 Å². The lowest BCUT2D eigenvalue weighted by Crippen LogP contribution is -2.07. The second-order valence-electron chi connectivity index (χ2n) is 2.98. The topological polar surface area (TPSA) is 35.5 Å². The van der Waals surface area contributed by atoms with E-state index < -0.39 is 0 Å². The fourth-order valence-electron chi connectivity index (χ4n) is 1.16. The number of ether oxygens (including phenoxy) is 2. The van der Waals surface area contributed by atoms with Gasteiger partial charge in [-0.15, -0.1) is 0 Å². The molecule has 0 aliphatic carbocycles. The van der Waals surface area contributed by atoms with Crippen LogP contribution in [-0.4, -0.2) is 25.2 Å². The lowest BCUT2D eigenvalue weighted by molar-refractivity contribution is -0.0125. The van der Waals surface area contributed by atoms with Gasteiger partial charge in [0.2, 0.25) is 0 Å². The number of carbonyl (C=O) groups excluding carboxylic acids is 1. The molecule has 0 aliphatic heterocycles. The molecule has 15 heavy (non-hydrogen) atoms. The third kappa shape index (κ3) is 4.01. The highest BCUT2D eigenvalue weighted by Crippen LogP contribution is 2.08. The third-order valence-electron chi connectivity index (χ3n) is 1.85. The number of hydrogen-bond acceptors (Lipinski definition) is 3. The van der Waals surface area contributed by atoms with Gasteiger partial charge in [-0.1, -0.05) is 28.1 Å². The number of halogens is 1. The standard InChI is InChI=1S/C11H13BrO3/c1-14-8-15-11(13)10-4-2-3-9(7-10)5-6-12/h2-4,7H,5-6,8H2,1H3. The Morgan fingerprint density at radius 2 is 2.27 bits per heavy atom. The van der Waals surface area contributed by atoms with Gasteiger partial charge in [0.15, 0.2) is 6.79 Å². The Bertz CT molecular complexity index is 325. The zero-order valence-electron chi connectivity index (χ0n) is 8.53. The van der Waals surface area contributed by atoms with Crippen molar-refractivity contribution in [3.8, 4) is 0 Å². The van der Waals surface area contributed by atoms with E-state index in [2.05, 4.69) is 20.7 Å². The first kappa shape index (κ1) is 12.2. The summed E-state index contributed by atoms with van der Waals surface area (Å²) in [7, 11) is 1.48. The van der Waals surface area contributed by atoms with Gasteiger partial charge < -0.3 is 9.47 Å². The molecule has 0 atom stereocenters. The number of esters is 1. The normalized spacial score (nSPS) is 10.0. The first-order valence-corrected chi connectivity index (χ1v) is 5.71. The molecule has 1 aromatic rings. The van der Waals surface area contributed by atoms with Crippen LogP contribution in [0.5, 0.6) is 0 Å². The minimum atomic E-state index is -0.353. The van der Waals surface area contributed by atoms with Crippen molar-refractivity contribution in [3.63, 3.8) is 0 Å². The Kier molecular flexibility index (Phi) is 5.36. The Morgan fingerprint density at radius 1 is 1.47 bits per heavy atom. The monoisotopic (exact) mass is 272 g/mol. The number of hydrogen-bond donors (Lipinski definition) is 0. The quantitative estimate of drug-likeness (QED) is 0.469. The van der Waals surface area contributed by atoms with E-state index in [1.807, 2.05) is 18.2 Å². The third-order valence-corrected chi connectivity index (χ3v) is 2.25. The predicted molar refractivity (Wildman–Crippen MR) is 61.2 cm³/mol. The minimum Gasteiger partial charge on any atom is -0.435 e. The number of benzene rings is 1. The van der Waals surface area contributed by atoms with Crippen molar-refractivity contribution < 1.29 is 14.3 Å². The molecule has 0 radical (unpaired) electrons. The smallest absolute Gasteiger partial charge is 0.340 e. The van der Waals surface area contributed by atoms with Gasteiger partial charge in [0, 0.05) is 12.4 Å².